The summed E-state index contributed by atoms with van der Waals surface area (Å²) in [6, 6.07) is 12.8. The predicted octanol–water partition coefficient (Wildman–Crippen LogP) is 3.07. The number of benzene rings is 1. The lowest BCUT2D eigenvalue weighted by Gasteiger charge is -2.32. The number of hydrogen-bond acceptors (Lipinski definition) is 6. The van der Waals surface area contributed by atoms with Gasteiger partial charge >= 0.3 is 5.97 Å². The summed E-state index contributed by atoms with van der Waals surface area (Å²) in [6.07, 6.45) is 1.90. The standard InChI is InChI=1S/C22H23ClN4O3/c1-15(21(28)26-14-18-4-2-3-5-19(18)23)30-22(29)17-8-10-27(11-9-17)20-7-6-16(12-24)13-25-20/h2-7,13,15,17H,8-11,14H2,1H3,(H,26,28). The summed E-state index contributed by atoms with van der Waals surface area (Å²) >= 11 is 6.09. The summed E-state index contributed by atoms with van der Waals surface area (Å²) in [5, 5.41) is 12.2. The Kier molecular flexibility index (Phi) is 7.26. The van der Waals surface area contributed by atoms with Gasteiger partial charge in [0.15, 0.2) is 6.10 Å². The largest absolute Gasteiger partial charge is 0.452 e. The minimum atomic E-state index is -0.877. The number of carbonyl (C=O) groups is 2. The molecule has 0 aliphatic carbocycles. The first kappa shape index (κ1) is 21.6. The lowest BCUT2D eigenvalue weighted by Crippen LogP contribution is -2.40. The number of carbonyl (C=O) groups excluding carboxylic acids is 2. The van der Waals surface area contributed by atoms with E-state index in [-0.39, 0.29) is 24.3 Å². The third-order valence-electron chi connectivity index (χ3n) is 5.10. The molecule has 1 amide bonds. The van der Waals surface area contributed by atoms with Gasteiger partial charge in [0.05, 0.1) is 11.5 Å². The number of piperidine rings is 1. The lowest BCUT2D eigenvalue weighted by molar-refractivity contribution is -0.159. The van der Waals surface area contributed by atoms with Crippen molar-refractivity contribution in [2.24, 2.45) is 5.92 Å². The van der Waals surface area contributed by atoms with Crippen LogP contribution in [0.2, 0.25) is 5.02 Å². The van der Waals surface area contributed by atoms with Gasteiger partial charge in [-0.25, -0.2) is 4.98 Å². The SMILES string of the molecule is CC(OC(=O)C1CCN(c2ccc(C#N)cn2)CC1)C(=O)NCc1ccccc1Cl. The van der Waals surface area contributed by atoms with Gasteiger partial charge in [0.2, 0.25) is 0 Å². The van der Waals surface area contributed by atoms with Crippen molar-refractivity contribution in [2.45, 2.75) is 32.4 Å². The molecule has 2 aromatic rings. The Morgan fingerprint density at radius 2 is 2.03 bits per heavy atom. The minimum Gasteiger partial charge on any atom is -0.452 e. The van der Waals surface area contributed by atoms with Crippen LogP contribution in [-0.4, -0.2) is 36.1 Å². The number of ether oxygens (including phenoxy) is 1. The Labute approximate surface area is 180 Å². The number of hydrogen-bond donors (Lipinski definition) is 1. The maximum Gasteiger partial charge on any atom is 0.309 e. The van der Waals surface area contributed by atoms with Gasteiger partial charge in [-0.05, 0) is 43.5 Å². The number of amides is 1. The molecule has 30 heavy (non-hydrogen) atoms. The average Bonchev–Trinajstić information content (AvgIpc) is 2.78. The van der Waals surface area contributed by atoms with E-state index in [0.717, 1.165) is 11.4 Å². The Morgan fingerprint density at radius 1 is 1.30 bits per heavy atom. The van der Waals surface area contributed by atoms with Crippen molar-refractivity contribution in [3.63, 3.8) is 0 Å². The van der Waals surface area contributed by atoms with E-state index in [4.69, 9.17) is 21.6 Å². The molecule has 8 heteroatoms. The highest BCUT2D eigenvalue weighted by Crippen LogP contribution is 2.23. The quantitative estimate of drug-likeness (QED) is 0.713. The molecule has 3 rings (SSSR count). The second-order valence-electron chi connectivity index (χ2n) is 7.17. The number of nitrogens with one attached hydrogen (secondary N) is 1. The molecule has 0 radical (unpaired) electrons. The van der Waals surface area contributed by atoms with E-state index in [1.54, 1.807) is 25.3 Å². The smallest absolute Gasteiger partial charge is 0.309 e. The monoisotopic (exact) mass is 426 g/mol. The van der Waals surface area contributed by atoms with E-state index in [2.05, 4.69) is 15.2 Å². The Balaban J connectivity index is 1.45. The van der Waals surface area contributed by atoms with Gasteiger partial charge in [-0.3, -0.25) is 9.59 Å². The van der Waals surface area contributed by atoms with E-state index >= 15 is 0 Å². The molecule has 7 nitrogen and oxygen atoms in total. The van der Waals surface area contributed by atoms with E-state index in [0.29, 0.717) is 36.5 Å². The van der Waals surface area contributed by atoms with Gasteiger partial charge in [0.25, 0.3) is 5.91 Å². The van der Waals surface area contributed by atoms with Crippen LogP contribution in [0.3, 0.4) is 0 Å². The number of pyridine rings is 1. The Bertz CT molecular complexity index is 934. The van der Waals surface area contributed by atoms with E-state index in [1.807, 2.05) is 30.3 Å². The van der Waals surface area contributed by atoms with Crippen LogP contribution in [0.5, 0.6) is 0 Å². The van der Waals surface area contributed by atoms with Crippen molar-refractivity contribution in [1.29, 1.82) is 5.26 Å². The maximum atomic E-state index is 12.5. The molecule has 1 unspecified atom stereocenters. The van der Waals surface area contributed by atoms with Crippen LogP contribution in [0.4, 0.5) is 5.82 Å². The van der Waals surface area contributed by atoms with E-state index in [9.17, 15) is 9.59 Å². The van der Waals surface area contributed by atoms with Crippen LogP contribution in [0, 0.1) is 17.2 Å². The molecule has 1 N–H and O–H groups in total. The van der Waals surface area contributed by atoms with E-state index in [1.165, 1.54) is 0 Å². The van der Waals surface area contributed by atoms with Crippen LogP contribution in [0.1, 0.15) is 30.9 Å². The highest BCUT2D eigenvalue weighted by atomic mass is 35.5. The number of aromatic nitrogens is 1. The molecule has 1 aliphatic heterocycles. The summed E-state index contributed by atoms with van der Waals surface area (Å²) in [6.45, 7) is 3.16. The molecular formula is C22H23ClN4O3. The van der Waals surface area contributed by atoms with Crippen LogP contribution >= 0.6 is 11.6 Å². The molecule has 1 saturated heterocycles. The molecule has 1 aromatic heterocycles. The predicted molar refractivity (Wildman–Crippen MR) is 113 cm³/mol. The van der Waals surface area contributed by atoms with Gasteiger partial charge in [-0.2, -0.15) is 5.26 Å². The van der Waals surface area contributed by atoms with Crippen molar-refractivity contribution < 1.29 is 14.3 Å². The van der Waals surface area contributed by atoms with Crippen LogP contribution in [-0.2, 0) is 20.9 Å². The van der Waals surface area contributed by atoms with Gasteiger partial charge < -0.3 is 15.0 Å². The fourth-order valence-corrected chi connectivity index (χ4v) is 3.48. The van der Waals surface area contributed by atoms with Gasteiger partial charge in [-0.1, -0.05) is 29.8 Å². The topological polar surface area (TPSA) is 95.3 Å². The van der Waals surface area contributed by atoms with Crippen molar-refractivity contribution in [3.8, 4) is 6.07 Å². The molecule has 0 saturated carbocycles. The Hall–Kier alpha value is -3.11. The van der Waals surface area contributed by atoms with Crippen molar-refractivity contribution in [3.05, 3.63) is 58.7 Å². The second kappa shape index (κ2) is 10.1. The number of esters is 1. The first-order chi connectivity index (χ1) is 14.5. The van der Waals surface area contributed by atoms with Crippen LogP contribution in [0.25, 0.3) is 0 Å². The highest BCUT2D eigenvalue weighted by molar-refractivity contribution is 6.31. The third kappa shape index (κ3) is 5.49. The van der Waals surface area contributed by atoms with Gasteiger partial charge in [0, 0.05) is 30.9 Å². The molecule has 0 bridgehead atoms. The van der Waals surface area contributed by atoms with Gasteiger partial charge in [0.1, 0.15) is 11.9 Å². The lowest BCUT2D eigenvalue weighted by atomic mass is 9.97. The minimum absolute atomic E-state index is 0.251. The summed E-state index contributed by atoms with van der Waals surface area (Å²) < 4.78 is 5.39. The zero-order chi connectivity index (χ0) is 21.5. The maximum absolute atomic E-state index is 12.5. The molecule has 1 atom stereocenters. The number of anilines is 1. The fourth-order valence-electron chi connectivity index (χ4n) is 3.28. The van der Waals surface area contributed by atoms with E-state index < -0.39 is 6.10 Å². The number of halogens is 1. The van der Waals surface area contributed by atoms with Crippen LogP contribution in [0.15, 0.2) is 42.6 Å². The molecule has 1 aliphatic rings. The first-order valence-electron chi connectivity index (χ1n) is 9.80. The van der Waals surface area contributed by atoms with Crippen molar-refractivity contribution in [2.75, 3.05) is 18.0 Å². The molecule has 156 valence electrons. The number of nitriles is 1. The van der Waals surface area contributed by atoms with Crippen molar-refractivity contribution in [1.82, 2.24) is 10.3 Å². The number of nitrogens with zero attached hydrogens (tertiary/aromatic N) is 3. The molecule has 1 fully saturated rings. The average molecular weight is 427 g/mol. The number of rotatable bonds is 6. The third-order valence-corrected chi connectivity index (χ3v) is 5.47. The highest BCUT2D eigenvalue weighted by Gasteiger charge is 2.29. The molecule has 0 spiro atoms. The normalized spacial score (nSPS) is 15.2. The van der Waals surface area contributed by atoms with Gasteiger partial charge in [-0.15, -0.1) is 0 Å². The van der Waals surface area contributed by atoms with Crippen molar-refractivity contribution >= 4 is 29.3 Å². The second-order valence-corrected chi connectivity index (χ2v) is 7.57. The zero-order valence-electron chi connectivity index (χ0n) is 16.7. The summed E-state index contributed by atoms with van der Waals surface area (Å²) in [5.74, 6) is -0.183. The Morgan fingerprint density at radius 3 is 2.67 bits per heavy atom. The summed E-state index contributed by atoms with van der Waals surface area (Å²) in [5.41, 5.74) is 1.31. The van der Waals surface area contributed by atoms with Crippen LogP contribution < -0.4 is 10.2 Å². The fraction of sp³-hybridized carbons (Fsp3) is 0.364. The molecule has 2 heterocycles. The zero-order valence-corrected chi connectivity index (χ0v) is 17.4. The molecular weight excluding hydrogens is 404 g/mol. The summed E-state index contributed by atoms with van der Waals surface area (Å²) in [7, 11) is 0. The first-order valence-corrected chi connectivity index (χ1v) is 10.2. The molecule has 1 aromatic carbocycles. The summed E-state index contributed by atoms with van der Waals surface area (Å²) in [4.78, 5) is 31.1.